The van der Waals surface area contributed by atoms with E-state index in [9.17, 15) is 4.79 Å². The van der Waals surface area contributed by atoms with Crippen LogP contribution in [0, 0.1) is 6.92 Å². The second kappa shape index (κ2) is 5.77. The number of aryl methyl sites for hydroxylation is 2. The number of nitrogens with two attached hydrogens (primary N) is 1. The number of hydrazine groups is 1. The van der Waals surface area contributed by atoms with Gasteiger partial charge in [0.05, 0.1) is 16.9 Å². The molecule has 0 fully saturated rings. The molecule has 1 amide bonds. The van der Waals surface area contributed by atoms with E-state index in [0.29, 0.717) is 16.4 Å². The Morgan fingerprint density at radius 2 is 2.32 bits per heavy atom. The highest BCUT2D eigenvalue weighted by atomic mass is 32.1. The third-order valence-corrected chi connectivity index (χ3v) is 3.60. The van der Waals surface area contributed by atoms with E-state index in [1.165, 1.54) is 17.5 Å². The first-order valence-corrected chi connectivity index (χ1v) is 6.65. The van der Waals surface area contributed by atoms with Gasteiger partial charge >= 0.3 is 0 Å². The summed E-state index contributed by atoms with van der Waals surface area (Å²) in [6.45, 7) is 4.02. The topological polar surface area (TPSA) is 92.9 Å². The Morgan fingerprint density at radius 3 is 2.95 bits per heavy atom. The maximum absolute atomic E-state index is 12.1. The molecule has 19 heavy (non-hydrogen) atoms. The second-order valence-electron chi connectivity index (χ2n) is 3.90. The number of pyridine rings is 1. The van der Waals surface area contributed by atoms with Gasteiger partial charge in [0.2, 0.25) is 0 Å². The van der Waals surface area contributed by atoms with Gasteiger partial charge in [0, 0.05) is 17.3 Å². The first kappa shape index (κ1) is 13.4. The molecule has 2 aromatic heterocycles. The van der Waals surface area contributed by atoms with Crippen molar-refractivity contribution in [2.24, 2.45) is 5.84 Å². The Morgan fingerprint density at radius 1 is 1.53 bits per heavy atom. The van der Waals surface area contributed by atoms with Crippen molar-refractivity contribution in [1.82, 2.24) is 9.97 Å². The second-order valence-corrected chi connectivity index (χ2v) is 5.10. The number of nitrogens with zero attached hydrogens (tertiary/aromatic N) is 2. The minimum atomic E-state index is -0.280. The number of aromatic nitrogens is 2. The summed E-state index contributed by atoms with van der Waals surface area (Å²) in [5.74, 6) is 5.08. The minimum Gasteiger partial charge on any atom is -0.323 e. The largest absolute Gasteiger partial charge is 0.323 e. The summed E-state index contributed by atoms with van der Waals surface area (Å²) in [5.41, 5.74) is 4.39. The Kier molecular flexibility index (Phi) is 4.08. The van der Waals surface area contributed by atoms with Crippen molar-refractivity contribution < 1.29 is 4.79 Å². The Hall–Kier alpha value is -1.99. The summed E-state index contributed by atoms with van der Waals surface area (Å²) in [4.78, 5) is 21.5. The summed E-state index contributed by atoms with van der Waals surface area (Å²) in [5, 5.41) is 3.35. The van der Waals surface area contributed by atoms with Gasteiger partial charge in [0.25, 0.3) is 5.91 Å². The molecule has 0 saturated carbocycles. The van der Waals surface area contributed by atoms with Gasteiger partial charge in [-0.25, -0.2) is 4.98 Å². The monoisotopic (exact) mass is 277 g/mol. The van der Waals surface area contributed by atoms with Crippen LogP contribution < -0.4 is 16.6 Å². The molecule has 0 aliphatic rings. The highest BCUT2D eigenvalue weighted by Crippen LogP contribution is 2.23. The van der Waals surface area contributed by atoms with Gasteiger partial charge in [-0.1, -0.05) is 6.92 Å². The fraction of sp³-hybridized carbons (Fsp3) is 0.250. The molecule has 0 unspecified atom stereocenters. The number of amides is 1. The summed E-state index contributed by atoms with van der Waals surface area (Å²) in [7, 11) is 0. The highest BCUT2D eigenvalue weighted by Gasteiger charge is 2.14. The van der Waals surface area contributed by atoms with Crippen molar-refractivity contribution in [3.05, 3.63) is 34.6 Å². The summed E-state index contributed by atoms with van der Waals surface area (Å²) >= 11 is 1.46. The maximum atomic E-state index is 12.1. The molecule has 6 nitrogen and oxygen atoms in total. The van der Waals surface area contributed by atoms with Gasteiger partial charge in [-0.15, -0.1) is 11.3 Å². The average Bonchev–Trinajstić information content (AvgIpc) is 2.78. The molecule has 2 aromatic rings. The van der Waals surface area contributed by atoms with E-state index in [4.69, 9.17) is 5.84 Å². The van der Waals surface area contributed by atoms with Crippen LogP contribution in [0.1, 0.15) is 27.9 Å². The van der Waals surface area contributed by atoms with Crippen molar-refractivity contribution in [3.63, 3.8) is 0 Å². The molecular weight excluding hydrogens is 262 g/mol. The molecule has 100 valence electrons. The number of nitrogen functional groups attached to an aromatic ring is 1. The minimum absolute atomic E-state index is 0.280. The molecule has 0 aliphatic carbocycles. The summed E-state index contributed by atoms with van der Waals surface area (Å²) in [6.07, 6.45) is 3.88. The molecular formula is C12H15N5OS. The molecule has 4 N–H and O–H groups in total. The first-order chi connectivity index (χ1) is 9.15. The van der Waals surface area contributed by atoms with E-state index in [1.54, 1.807) is 12.3 Å². The Balaban J connectivity index is 2.20. The lowest BCUT2D eigenvalue weighted by molar-refractivity contribution is 0.102. The SMILES string of the molecule is CCc1nc(NC(=O)c2cnccc2NN)sc1C. The summed E-state index contributed by atoms with van der Waals surface area (Å²) < 4.78 is 0. The molecule has 0 spiro atoms. The van der Waals surface area contributed by atoms with Crippen LogP contribution in [0.2, 0.25) is 0 Å². The summed E-state index contributed by atoms with van der Waals surface area (Å²) in [6, 6.07) is 1.64. The van der Waals surface area contributed by atoms with Crippen molar-refractivity contribution >= 4 is 28.1 Å². The fourth-order valence-corrected chi connectivity index (χ4v) is 2.57. The van der Waals surface area contributed by atoms with Crippen molar-refractivity contribution in [3.8, 4) is 0 Å². The lowest BCUT2D eigenvalue weighted by atomic mass is 10.2. The Labute approximate surface area is 115 Å². The number of hydrogen-bond donors (Lipinski definition) is 3. The van der Waals surface area contributed by atoms with Crippen LogP contribution in [0.3, 0.4) is 0 Å². The normalized spacial score (nSPS) is 10.3. The molecule has 7 heteroatoms. The Bertz CT molecular complexity index is 596. The van der Waals surface area contributed by atoms with Crippen molar-refractivity contribution in [1.29, 1.82) is 0 Å². The zero-order valence-electron chi connectivity index (χ0n) is 10.7. The fourth-order valence-electron chi connectivity index (χ4n) is 1.68. The predicted octanol–water partition coefficient (Wildman–Crippen LogP) is 1.95. The van der Waals surface area contributed by atoms with Crippen LogP contribution in [0.5, 0.6) is 0 Å². The van der Waals surface area contributed by atoms with E-state index in [2.05, 4.69) is 20.7 Å². The van der Waals surface area contributed by atoms with Gasteiger partial charge in [-0.05, 0) is 19.4 Å². The number of rotatable bonds is 4. The maximum Gasteiger partial charge on any atom is 0.261 e. The molecule has 0 saturated heterocycles. The first-order valence-electron chi connectivity index (χ1n) is 5.84. The van der Waals surface area contributed by atoms with Crippen molar-refractivity contribution in [2.75, 3.05) is 10.7 Å². The van der Waals surface area contributed by atoms with Gasteiger partial charge < -0.3 is 5.43 Å². The van der Waals surface area contributed by atoms with Crippen LogP contribution in [0.15, 0.2) is 18.5 Å². The molecule has 2 rings (SSSR count). The number of carbonyl (C=O) groups is 1. The van der Waals surface area contributed by atoms with Crippen LogP contribution in [-0.4, -0.2) is 15.9 Å². The third-order valence-electron chi connectivity index (χ3n) is 2.67. The smallest absolute Gasteiger partial charge is 0.261 e. The zero-order valence-corrected chi connectivity index (χ0v) is 11.5. The number of anilines is 2. The van der Waals surface area contributed by atoms with Gasteiger partial charge in [-0.3, -0.25) is 20.9 Å². The predicted molar refractivity (Wildman–Crippen MR) is 76.2 cm³/mol. The van der Waals surface area contributed by atoms with Gasteiger partial charge in [0.15, 0.2) is 5.13 Å². The highest BCUT2D eigenvalue weighted by molar-refractivity contribution is 7.15. The molecule has 0 radical (unpaired) electrons. The zero-order chi connectivity index (χ0) is 13.8. The quantitative estimate of drug-likeness (QED) is 0.586. The number of hydrogen-bond acceptors (Lipinski definition) is 6. The van der Waals surface area contributed by atoms with Gasteiger partial charge in [-0.2, -0.15) is 0 Å². The molecule has 2 heterocycles. The number of carbonyl (C=O) groups excluding carboxylic acids is 1. The molecule has 0 aromatic carbocycles. The van der Waals surface area contributed by atoms with Crippen LogP contribution in [-0.2, 0) is 6.42 Å². The molecule has 0 bridgehead atoms. The lowest BCUT2D eigenvalue weighted by Crippen LogP contribution is -2.17. The van der Waals surface area contributed by atoms with E-state index in [-0.39, 0.29) is 5.91 Å². The van der Waals surface area contributed by atoms with Crippen LogP contribution in [0.25, 0.3) is 0 Å². The van der Waals surface area contributed by atoms with Crippen LogP contribution in [0.4, 0.5) is 10.8 Å². The van der Waals surface area contributed by atoms with Crippen molar-refractivity contribution in [2.45, 2.75) is 20.3 Å². The van der Waals surface area contributed by atoms with E-state index in [0.717, 1.165) is 17.0 Å². The van der Waals surface area contributed by atoms with Gasteiger partial charge in [0.1, 0.15) is 0 Å². The average molecular weight is 277 g/mol. The van der Waals surface area contributed by atoms with E-state index in [1.807, 2.05) is 13.8 Å². The third kappa shape index (κ3) is 2.88. The van der Waals surface area contributed by atoms with Crippen LogP contribution >= 0.6 is 11.3 Å². The van der Waals surface area contributed by atoms with E-state index < -0.39 is 0 Å². The number of nitrogens with one attached hydrogen (secondary N) is 2. The molecule has 0 atom stereocenters. The standard InChI is InChI=1S/C12H15N5OS/c1-3-9-7(2)19-12(15-9)16-11(18)8-6-14-5-4-10(8)17-13/h4-6H,3,13H2,1-2H3,(H,14,17)(H,15,16,18). The number of thiazole rings is 1. The lowest BCUT2D eigenvalue weighted by Gasteiger charge is -2.06. The molecule has 0 aliphatic heterocycles. The van der Waals surface area contributed by atoms with E-state index >= 15 is 0 Å².